The van der Waals surface area contributed by atoms with E-state index in [2.05, 4.69) is 14.9 Å². The van der Waals surface area contributed by atoms with Gasteiger partial charge in [0, 0.05) is 25.3 Å². The van der Waals surface area contributed by atoms with Gasteiger partial charge in [-0.15, -0.1) is 0 Å². The van der Waals surface area contributed by atoms with Gasteiger partial charge in [-0.3, -0.25) is 4.79 Å². The Balaban J connectivity index is 1.55. The van der Waals surface area contributed by atoms with Crippen LogP contribution in [0.3, 0.4) is 0 Å². The summed E-state index contributed by atoms with van der Waals surface area (Å²) < 4.78 is 45.6. The van der Waals surface area contributed by atoms with Crippen molar-refractivity contribution < 1.29 is 27.5 Å². The second-order valence-electron chi connectivity index (χ2n) is 9.53. The van der Waals surface area contributed by atoms with Gasteiger partial charge in [-0.25, -0.2) is 4.79 Å². The summed E-state index contributed by atoms with van der Waals surface area (Å²) in [4.78, 5) is 30.3. The van der Waals surface area contributed by atoms with E-state index in [0.717, 1.165) is 18.3 Å². The van der Waals surface area contributed by atoms with E-state index in [4.69, 9.17) is 4.74 Å². The lowest BCUT2D eigenvalue weighted by Gasteiger charge is -2.53. The molecule has 2 atom stereocenters. The number of hydrazone groups is 1. The maximum Gasteiger partial charge on any atom is 0.416 e. The molecular weight excluding hydrogens is 473 g/mol. The molecule has 0 saturated carbocycles. The Kier molecular flexibility index (Phi) is 5.82. The van der Waals surface area contributed by atoms with Crippen LogP contribution < -0.4 is 9.91 Å². The fourth-order valence-corrected chi connectivity index (χ4v) is 5.58. The summed E-state index contributed by atoms with van der Waals surface area (Å²) in [6.45, 7) is 5.65. The van der Waals surface area contributed by atoms with Crippen LogP contribution in [0.15, 0.2) is 47.6 Å². The number of fused-ring (bicyclic) bond motifs is 4. The van der Waals surface area contributed by atoms with Crippen LogP contribution in [0.5, 0.6) is 0 Å². The number of carbonyl (C=O) groups excluding carboxylic acids is 2. The van der Waals surface area contributed by atoms with Crippen LogP contribution in [0.4, 0.5) is 24.5 Å². The van der Waals surface area contributed by atoms with Crippen LogP contribution in [0.1, 0.15) is 35.3 Å². The van der Waals surface area contributed by atoms with Crippen LogP contribution >= 0.6 is 0 Å². The van der Waals surface area contributed by atoms with Crippen LogP contribution in [-0.4, -0.2) is 61.8 Å². The number of piperazine rings is 1. The van der Waals surface area contributed by atoms with Crippen LogP contribution in [-0.2, 0) is 22.1 Å². The SMILES string of the molecule is CCOC(=O)c1ccc(N2N=C(C)[C@@]3(Cc4cc(C(F)(F)F)ccc4N4CCN(C)C[C@@H]43)C2=O)cc1. The van der Waals surface area contributed by atoms with Gasteiger partial charge in [-0.1, -0.05) is 0 Å². The topological polar surface area (TPSA) is 65.5 Å². The standard InChI is InChI=1S/C26H27F3N4O3/c1-4-36-23(34)17-5-8-20(9-6-17)33-24(35)25(16(2)30-33)14-18-13-19(26(27,28)29)7-10-21(18)32-12-11-31(3)15-22(25)32/h5-10,13,22H,4,11-12,14-15H2,1-3H3/t22-,25-/m1/s1. The first kappa shape index (κ1) is 24.3. The minimum atomic E-state index is -4.48. The van der Waals surface area contributed by atoms with Gasteiger partial charge >= 0.3 is 12.1 Å². The minimum absolute atomic E-state index is 0.132. The van der Waals surface area contributed by atoms with Gasteiger partial charge in [-0.05, 0) is 75.3 Å². The molecule has 2 aromatic rings. The number of halogens is 3. The predicted octanol–water partition coefficient (Wildman–Crippen LogP) is 3.97. The Bertz CT molecular complexity index is 1240. The van der Waals surface area contributed by atoms with Gasteiger partial charge in [0.1, 0.15) is 5.41 Å². The molecule has 2 aromatic carbocycles. The molecule has 0 aliphatic carbocycles. The van der Waals surface area contributed by atoms with Gasteiger partial charge < -0.3 is 14.5 Å². The Morgan fingerprint density at radius 2 is 1.89 bits per heavy atom. The van der Waals surface area contributed by atoms with Crippen molar-refractivity contribution in [2.24, 2.45) is 10.5 Å². The minimum Gasteiger partial charge on any atom is -0.462 e. The van der Waals surface area contributed by atoms with Crippen molar-refractivity contribution in [3.05, 3.63) is 59.2 Å². The molecule has 0 N–H and O–H groups in total. The third-order valence-electron chi connectivity index (χ3n) is 7.43. The highest BCUT2D eigenvalue weighted by molar-refractivity contribution is 6.20. The largest absolute Gasteiger partial charge is 0.462 e. The Morgan fingerprint density at radius 3 is 2.56 bits per heavy atom. The second kappa shape index (κ2) is 8.62. The highest BCUT2D eigenvalue weighted by atomic mass is 19.4. The van der Waals surface area contributed by atoms with Crippen molar-refractivity contribution >= 4 is 29.0 Å². The molecule has 1 amide bonds. The number of carbonyl (C=O) groups is 2. The molecule has 1 fully saturated rings. The first-order valence-electron chi connectivity index (χ1n) is 11.9. The third kappa shape index (κ3) is 3.75. The highest BCUT2D eigenvalue weighted by Gasteiger charge is 2.59. The number of benzene rings is 2. The van der Waals surface area contributed by atoms with E-state index in [0.29, 0.717) is 35.6 Å². The second-order valence-corrected chi connectivity index (χ2v) is 9.53. The van der Waals surface area contributed by atoms with Crippen molar-refractivity contribution in [2.45, 2.75) is 32.5 Å². The van der Waals surface area contributed by atoms with Crippen LogP contribution in [0, 0.1) is 5.41 Å². The van der Waals surface area contributed by atoms with E-state index >= 15 is 0 Å². The lowest BCUT2D eigenvalue weighted by molar-refractivity contribution is -0.137. The predicted molar refractivity (Wildman–Crippen MR) is 129 cm³/mol. The summed E-state index contributed by atoms with van der Waals surface area (Å²) in [6, 6.07) is 9.93. The molecule has 0 bridgehead atoms. The van der Waals surface area contributed by atoms with Crippen molar-refractivity contribution in [3.8, 4) is 0 Å². The number of alkyl halides is 3. The number of hydrogen-bond acceptors (Lipinski definition) is 6. The molecule has 3 heterocycles. The number of amides is 1. The molecule has 7 nitrogen and oxygen atoms in total. The monoisotopic (exact) mass is 500 g/mol. The maximum absolute atomic E-state index is 14.1. The fraction of sp³-hybridized carbons (Fsp3) is 0.423. The van der Waals surface area contributed by atoms with E-state index in [9.17, 15) is 22.8 Å². The number of likely N-dealkylation sites (N-methyl/N-ethyl adjacent to an activating group) is 1. The van der Waals surface area contributed by atoms with Gasteiger partial charge in [0.15, 0.2) is 0 Å². The summed E-state index contributed by atoms with van der Waals surface area (Å²) in [7, 11) is 1.98. The molecule has 5 rings (SSSR count). The van der Waals surface area contributed by atoms with Gasteiger partial charge in [0.05, 0.1) is 35.2 Å². The van der Waals surface area contributed by atoms with E-state index in [1.54, 1.807) is 38.1 Å². The Hall–Kier alpha value is -3.40. The normalized spacial score (nSPS) is 24.0. The zero-order chi connectivity index (χ0) is 25.8. The summed E-state index contributed by atoms with van der Waals surface area (Å²) in [5.41, 5.74) is 0.804. The van der Waals surface area contributed by atoms with E-state index in [-0.39, 0.29) is 25.0 Å². The van der Waals surface area contributed by atoms with Crippen molar-refractivity contribution in [3.63, 3.8) is 0 Å². The van der Waals surface area contributed by atoms with Crippen molar-refractivity contribution in [2.75, 3.05) is 43.2 Å². The summed E-state index contributed by atoms with van der Waals surface area (Å²) in [6.07, 6.45) is -4.34. The summed E-state index contributed by atoms with van der Waals surface area (Å²) in [5.74, 6) is -0.740. The first-order valence-corrected chi connectivity index (χ1v) is 11.9. The maximum atomic E-state index is 14.1. The average molecular weight is 501 g/mol. The molecule has 0 radical (unpaired) electrons. The lowest BCUT2D eigenvalue weighted by Crippen LogP contribution is -2.66. The molecular formula is C26H27F3N4O3. The van der Waals surface area contributed by atoms with Crippen LogP contribution in [0.25, 0.3) is 0 Å². The molecule has 1 spiro atoms. The van der Waals surface area contributed by atoms with Crippen LogP contribution in [0.2, 0.25) is 0 Å². The smallest absolute Gasteiger partial charge is 0.416 e. The van der Waals surface area contributed by atoms with Crippen molar-refractivity contribution in [1.29, 1.82) is 0 Å². The molecule has 190 valence electrons. The molecule has 10 heteroatoms. The third-order valence-corrected chi connectivity index (χ3v) is 7.43. The average Bonchev–Trinajstić information content (AvgIpc) is 3.09. The number of anilines is 2. The van der Waals surface area contributed by atoms with Gasteiger partial charge in [0.25, 0.3) is 5.91 Å². The van der Waals surface area contributed by atoms with Gasteiger partial charge in [-0.2, -0.15) is 23.3 Å². The molecule has 36 heavy (non-hydrogen) atoms. The Labute approximate surface area is 207 Å². The molecule has 3 aliphatic rings. The number of ether oxygens (including phenoxy) is 1. The number of esters is 1. The quantitative estimate of drug-likeness (QED) is 0.597. The molecule has 0 unspecified atom stereocenters. The number of rotatable bonds is 3. The number of hydrogen-bond donors (Lipinski definition) is 0. The van der Waals surface area contributed by atoms with E-state index in [1.807, 2.05) is 7.05 Å². The molecule has 3 aliphatic heterocycles. The zero-order valence-electron chi connectivity index (χ0n) is 20.3. The van der Waals surface area contributed by atoms with E-state index in [1.165, 1.54) is 17.1 Å². The van der Waals surface area contributed by atoms with E-state index < -0.39 is 23.1 Å². The van der Waals surface area contributed by atoms with Crippen molar-refractivity contribution in [1.82, 2.24) is 4.90 Å². The zero-order valence-corrected chi connectivity index (χ0v) is 20.3. The highest BCUT2D eigenvalue weighted by Crippen LogP contribution is 2.49. The number of nitrogens with zero attached hydrogens (tertiary/aromatic N) is 4. The first-order chi connectivity index (χ1) is 17.1. The van der Waals surface area contributed by atoms with Gasteiger partial charge in [0.2, 0.25) is 0 Å². The lowest BCUT2D eigenvalue weighted by atomic mass is 9.67. The molecule has 0 aromatic heterocycles. The summed E-state index contributed by atoms with van der Waals surface area (Å²) >= 11 is 0. The summed E-state index contributed by atoms with van der Waals surface area (Å²) in [5, 5.41) is 5.92. The fourth-order valence-electron chi connectivity index (χ4n) is 5.58. The molecule has 1 saturated heterocycles. The Morgan fingerprint density at radius 1 is 1.17 bits per heavy atom.